The van der Waals surface area contributed by atoms with Gasteiger partial charge in [-0.1, -0.05) is 6.07 Å². The number of benzene rings is 2. The number of anilines is 1. The molecule has 0 spiro atoms. The van der Waals surface area contributed by atoms with Crippen molar-refractivity contribution in [3.63, 3.8) is 0 Å². The van der Waals surface area contributed by atoms with Crippen molar-refractivity contribution in [2.45, 2.75) is 16.2 Å². The second-order valence-electron chi connectivity index (χ2n) is 6.17. The third-order valence-electron chi connectivity index (χ3n) is 4.21. The molecule has 0 saturated heterocycles. The molecule has 0 unspecified atom stereocenters. The first kappa shape index (κ1) is 22.1. The number of H-pyrrole nitrogens is 1. The first-order valence-corrected chi connectivity index (χ1v) is 10.6. The number of amidine groups is 1. The van der Waals surface area contributed by atoms with Crippen molar-refractivity contribution >= 4 is 46.7 Å². The van der Waals surface area contributed by atoms with Gasteiger partial charge in [-0.15, -0.1) is 5.10 Å². The molecule has 1 heterocycles. The topological polar surface area (TPSA) is 195 Å². The average Bonchev–Trinajstić information content (AvgIpc) is 3.10. The van der Waals surface area contributed by atoms with Gasteiger partial charge in [0, 0.05) is 27.5 Å². The summed E-state index contributed by atoms with van der Waals surface area (Å²) in [4.78, 5) is 8.60. The van der Waals surface area contributed by atoms with Gasteiger partial charge in [0.2, 0.25) is 0 Å². The lowest BCUT2D eigenvalue weighted by Gasteiger charge is -2.17. The van der Waals surface area contributed by atoms with Crippen LogP contribution in [0.2, 0.25) is 0 Å². The van der Waals surface area contributed by atoms with Gasteiger partial charge in [0.15, 0.2) is 11.8 Å². The standard InChI is InChI=1S/C17H23FN10S2/c18-8-6-10(14-11(7-8)25-17(21)26-14)9-2-3-12(30-24-5-1-4-19)15(29-23)13(9)16(20)27-28-22/h2-3,6-7,24,28H,1,4-5,19,22-23H2,(H2,20,27)(H3,21,25,26). The predicted octanol–water partition coefficient (Wildman–Crippen LogP) is 0.946. The number of nitrogens with one attached hydrogen (secondary N) is 3. The number of imidazole rings is 1. The van der Waals surface area contributed by atoms with E-state index in [1.165, 1.54) is 24.1 Å². The minimum Gasteiger partial charge on any atom is -0.382 e. The Morgan fingerprint density at radius 3 is 2.77 bits per heavy atom. The zero-order chi connectivity index (χ0) is 21.7. The Morgan fingerprint density at radius 1 is 1.27 bits per heavy atom. The summed E-state index contributed by atoms with van der Waals surface area (Å²) in [5.74, 6) is 5.15. The fourth-order valence-corrected chi connectivity index (χ4v) is 4.49. The molecule has 0 amide bonds. The minimum absolute atomic E-state index is 0.0887. The molecular formula is C17H23FN10S2. The normalized spacial score (nSPS) is 11.9. The second-order valence-corrected chi connectivity index (χ2v) is 7.75. The molecule has 0 aliphatic carbocycles. The number of nitrogen functional groups attached to an aromatic ring is 1. The Morgan fingerprint density at radius 2 is 2.07 bits per heavy atom. The predicted molar refractivity (Wildman–Crippen MR) is 122 cm³/mol. The lowest BCUT2D eigenvalue weighted by Crippen LogP contribution is -2.24. The van der Waals surface area contributed by atoms with E-state index in [4.69, 9.17) is 28.2 Å². The van der Waals surface area contributed by atoms with E-state index in [1.54, 1.807) is 6.07 Å². The summed E-state index contributed by atoms with van der Waals surface area (Å²) in [6.07, 6.45) is 0.825. The molecule has 13 heteroatoms. The molecule has 30 heavy (non-hydrogen) atoms. The van der Waals surface area contributed by atoms with Crippen molar-refractivity contribution in [2.75, 3.05) is 18.8 Å². The molecule has 0 aliphatic heterocycles. The van der Waals surface area contributed by atoms with E-state index >= 15 is 0 Å². The number of nitrogens with two attached hydrogens (primary N) is 5. The Kier molecular flexibility index (Phi) is 7.36. The van der Waals surface area contributed by atoms with Gasteiger partial charge in [0.05, 0.1) is 11.0 Å². The van der Waals surface area contributed by atoms with Crippen LogP contribution in [0.5, 0.6) is 0 Å². The largest absolute Gasteiger partial charge is 0.382 e. The maximum absolute atomic E-state index is 14.3. The lowest BCUT2D eigenvalue weighted by molar-refractivity contribution is 0.630. The third-order valence-corrected chi connectivity index (χ3v) is 5.90. The first-order valence-electron chi connectivity index (χ1n) is 8.87. The van der Waals surface area contributed by atoms with Crippen molar-refractivity contribution in [2.24, 2.45) is 27.6 Å². The molecule has 0 bridgehead atoms. The van der Waals surface area contributed by atoms with E-state index in [0.717, 1.165) is 29.8 Å². The zero-order valence-corrected chi connectivity index (χ0v) is 17.5. The number of hydrogen-bond acceptors (Lipinski definition) is 10. The molecule has 0 fully saturated rings. The third kappa shape index (κ3) is 4.61. The van der Waals surface area contributed by atoms with Gasteiger partial charge in [-0.2, -0.15) is 0 Å². The molecule has 0 aliphatic rings. The molecule has 1 aromatic heterocycles. The molecule has 13 N–H and O–H groups in total. The fraction of sp³-hybridized carbons (Fsp3) is 0.176. The van der Waals surface area contributed by atoms with Crippen LogP contribution in [0.15, 0.2) is 39.2 Å². The molecule has 3 rings (SSSR count). The van der Waals surface area contributed by atoms with Crippen molar-refractivity contribution in [1.29, 1.82) is 0 Å². The smallest absolute Gasteiger partial charge is 0.198 e. The maximum atomic E-state index is 14.3. The van der Waals surface area contributed by atoms with Gasteiger partial charge in [-0.25, -0.2) is 20.8 Å². The van der Waals surface area contributed by atoms with Gasteiger partial charge in [0.1, 0.15) is 5.82 Å². The van der Waals surface area contributed by atoms with Gasteiger partial charge in [0.25, 0.3) is 0 Å². The molecular weight excluding hydrogens is 427 g/mol. The van der Waals surface area contributed by atoms with Gasteiger partial charge >= 0.3 is 0 Å². The number of fused-ring (bicyclic) bond motifs is 1. The minimum atomic E-state index is -0.455. The zero-order valence-electron chi connectivity index (χ0n) is 15.9. The molecule has 3 aromatic rings. The summed E-state index contributed by atoms with van der Waals surface area (Å²) in [7, 11) is 0. The fourth-order valence-electron chi connectivity index (χ4n) is 2.97. The summed E-state index contributed by atoms with van der Waals surface area (Å²) in [6, 6.07) is 6.36. The Bertz CT molecular complexity index is 1070. The number of rotatable bonds is 9. The van der Waals surface area contributed by atoms with Crippen LogP contribution in [-0.4, -0.2) is 28.9 Å². The molecule has 2 aromatic carbocycles. The van der Waals surface area contributed by atoms with Crippen molar-refractivity contribution in [1.82, 2.24) is 20.2 Å². The molecule has 10 nitrogen and oxygen atoms in total. The van der Waals surface area contributed by atoms with Crippen LogP contribution in [0.1, 0.15) is 12.0 Å². The van der Waals surface area contributed by atoms with Crippen LogP contribution in [0, 0.1) is 5.82 Å². The van der Waals surface area contributed by atoms with Gasteiger partial charge < -0.3 is 22.2 Å². The van der Waals surface area contributed by atoms with E-state index in [1.807, 2.05) is 6.07 Å². The van der Waals surface area contributed by atoms with Crippen LogP contribution in [-0.2, 0) is 0 Å². The Balaban J connectivity index is 2.21. The number of aromatic nitrogens is 2. The van der Waals surface area contributed by atoms with Crippen LogP contribution in [0.3, 0.4) is 0 Å². The Hall–Kier alpha value is -2.55. The number of hydrazine groups is 1. The van der Waals surface area contributed by atoms with Crippen LogP contribution in [0.4, 0.5) is 10.3 Å². The summed E-state index contributed by atoms with van der Waals surface area (Å²) in [6.45, 7) is 1.30. The monoisotopic (exact) mass is 450 g/mol. The number of hydrazone groups is 1. The van der Waals surface area contributed by atoms with Gasteiger partial charge in [-0.3, -0.25) is 9.86 Å². The SMILES string of the molecule is NCCCNSc1ccc(-c2cc(F)cc3[nH]c(N)nc23)c(/C(N)=N/NN)c1SN. The number of halogens is 1. The van der Waals surface area contributed by atoms with E-state index in [0.29, 0.717) is 39.2 Å². The molecule has 0 radical (unpaired) electrons. The highest BCUT2D eigenvalue weighted by atomic mass is 32.2. The Labute approximate surface area is 180 Å². The highest BCUT2D eigenvalue weighted by Gasteiger charge is 2.21. The summed E-state index contributed by atoms with van der Waals surface area (Å²) in [5.41, 5.74) is 22.2. The van der Waals surface area contributed by atoms with E-state index in [9.17, 15) is 4.39 Å². The summed E-state index contributed by atoms with van der Waals surface area (Å²) in [5, 5.41) is 9.90. The molecule has 0 saturated carbocycles. The van der Waals surface area contributed by atoms with E-state index < -0.39 is 5.82 Å². The van der Waals surface area contributed by atoms with Crippen molar-refractivity contribution in [3.8, 4) is 11.1 Å². The summed E-state index contributed by atoms with van der Waals surface area (Å²) < 4.78 is 17.6. The number of nitrogens with zero attached hydrogens (tertiary/aromatic N) is 2. The van der Waals surface area contributed by atoms with Crippen molar-refractivity contribution < 1.29 is 4.39 Å². The molecule has 160 valence electrons. The highest BCUT2D eigenvalue weighted by molar-refractivity contribution is 8.00. The van der Waals surface area contributed by atoms with Gasteiger partial charge in [-0.05, 0) is 60.6 Å². The average molecular weight is 451 g/mol. The first-order chi connectivity index (χ1) is 14.5. The number of aromatic amines is 1. The van der Waals surface area contributed by atoms with Crippen molar-refractivity contribution in [3.05, 3.63) is 35.6 Å². The maximum Gasteiger partial charge on any atom is 0.198 e. The summed E-state index contributed by atoms with van der Waals surface area (Å²) >= 11 is 2.39. The second kappa shape index (κ2) is 9.97. The highest BCUT2D eigenvalue weighted by Crippen LogP contribution is 2.39. The lowest BCUT2D eigenvalue weighted by atomic mass is 9.97. The number of hydrogen-bond donors (Lipinski definition) is 8. The molecule has 0 atom stereocenters. The van der Waals surface area contributed by atoms with Crippen LogP contribution < -0.4 is 38.4 Å². The van der Waals surface area contributed by atoms with E-state index in [2.05, 4.69) is 25.3 Å². The van der Waals surface area contributed by atoms with Crippen LogP contribution in [0.25, 0.3) is 22.2 Å². The van der Waals surface area contributed by atoms with E-state index in [-0.39, 0.29) is 11.8 Å². The quantitative estimate of drug-likeness (QED) is 0.0580. The van der Waals surface area contributed by atoms with Crippen LogP contribution >= 0.6 is 23.9 Å².